The number of nitrogens with one attached hydrogen (secondary N) is 1. The third kappa shape index (κ3) is 4.18. The molecule has 0 unspecified atom stereocenters. The molecule has 2 aromatic rings. The van der Waals surface area contributed by atoms with Crippen molar-refractivity contribution in [3.8, 4) is 0 Å². The van der Waals surface area contributed by atoms with E-state index < -0.39 is 4.92 Å². The first-order chi connectivity index (χ1) is 10.1. The van der Waals surface area contributed by atoms with Gasteiger partial charge in [0.2, 0.25) is 0 Å². The second-order valence-corrected chi connectivity index (χ2v) is 4.95. The number of benzene rings is 2. The molecule has 0 bridgehead atoms. The van der Waals surface area contributed by atoms with Crippen LogP contribution in [0.2, 0.25) is 5.02 Å². The number of hydrogen-bond donors (Lipinski definition) is 1. The van der Waals surface area contributed by atoms with E-state index in [1.807, 2.05) is 24.3 Å². The topological polar surface area (TPSA) is 64.4 Å². The molecule has 0 saturated carbocycles. The van der Waals surface area contributed by atoms with Gasteiger partial charge in [0, 0.05) is 36.0 Å². The summed E-state index contributed by atoms with van der Waals surface area (Å²) in [6.07, 6.45) is 0. The van der Waals surface area contributed by atoms with Crippen LogP contribution in [0.25, 0.3) is 0 Å². The van der Waals surface area contributed by atoms with Gasteiger partial charge >= 0.3 is 0 Å². The molecule has 0 spiro atoms. The Bertz CT molecular complexity index is 647. The van der Waals surface area contributed by atoms with E-state index in [2.05, 4.69) is 5.32 Å². The summed E-state index contributed by atoms with van der Waals surface area (Å²) in [6, 6.07) is 12.4. The Balaban J connectivity index is 2.13. The third-order valence-electron chi connectivity index (χ3n) is 2.96. The number of rotatable bonds is 6. The van der Waals surface area contributed by atoms with Crippen molar-refractivity contribution in [3.05, 3.63) is 68.7 Å². The average molecular weight is 307 g/mol. The molecule has 0 heterocycles. The number of hydrogen-bond acceptors (Lipinski definition) is 4. The smallest absolute Gasteiger partial charge is 0.275 e. The Labute approximate surface area is 127 Å². The fraction of sp³-hybridized carbons (Fsp3) is 0.200. The van der Waals surface area contributed by atoms with Gasteiger partial charge < -0.3 is 10.1 Å². The third-order valence-corrected chi connectivity index (χ3v) is 3.20. The zero-order chi connectivity index (χ0) is 15.2. The van der Waals surface area contributed by atoms with Crippen LogP contribution in [-0.2, 0) is 17.9 Å². The van der Waals surface area contributed by atoms with Crippen LogP contribution in [0, 0.1) is 10.1 Å². The highest BCUT2D eigenvalue weighted by Gasteiger charge is 2.13. The summed E-state index contributed by atoms with van der Waals surface area (Å²) in [5.74, 6) is 0. The molecule has 110 valence electrons. The van der Waals surface area contributed by atoms with Crippen LogP contribution in [0.4, 0.5) is 11.4 Å². The van der Waals surface area contributed by atoms with E-state index in [-0.39, 0.29) is 5.69 Å². The minimum Gasteiger partial charge on any atom is -0.381 e. The highest BCUT2D eigenvalue weighted by Crippen LogP contribution is 2.24. The fourth-order valence-corrected chi connectivity index (χ4v) is 2.16. The Morgan fingerprint density at radius 1 is 1.29 bits per heavy atom. The Kier molecular flexibility index (Phi) is 5.14. The summed E-state index contributed by atoms with van der Waals surface area (Å²) < 4.78 is 5.08. The van der Waals surface area contributed by atoms with Crippen LogP contribution in [0.1, 0.15) is 11.1 Å². The first kappa shape index (κ1) is 15.3. The number of nitro groups is 1. The molecule has 2 aromatic carbocycles. The molecule has 0 aromatic heterocycles. The van der Waals surface area contributed by atoms with Crippen LogP contribution in [0.15, 0.2) is 42.5 Å². The van der Waals surface area contributed by atoms with E-state index in [4.69, 9.17) is 16.3 Å². The Hall–Kier alpha value is -2.11. The molecule has 0 atom stereocenters. The van der Waals surface area contributed by atoms with Gasteiger partial charge in [0.15, 0.2) is 0 Å². The molecule has 0 amide bonds. The highest BCUT2D eigenvalue weighted by atomic mass is 35.5. The van der Waals surface area contributed by atoms with E-state index in [0.717, 1.165) is 11.3 Å². The van der Waals surface area contributed by atoms with Gasteiger partial charge in [-0.2, -0.15) is 0 Å². The molecule has 0 aliphatic heterocycles. The molecular formula is C15H15ClN2O3. The summed E-state index contributed by atoms with van der Waals surface area (Å²) in [4.78, 5) is 10.6. The van der Waals surface area contributed by atoms with Crippen molar-refractivity contribution in [2.24, 2.45) is 0 Å². The molecule has 21 heavy (non-hydrogen) atoms. The van der Waals surface area contributed by atoms with Crippen LogP contribution in [-0.4, -0.2) is 12.0 Å². The van der Waals surface area contributed by atoms with Gasteiger partial charge in [-0.1, -0.05) is 23.7 Å². The maximum absolute atomic E-state index is 11.0. The second kappa shape index (κ2) is 7.06. The predicted octanol–water partition coefficient (Wildman–Crippen LogP) is 4.01. The van der Waals surface area contributed by atoms with Crippen LogP contribution < -0.4 is 5.32 Å². The van der Waals surface area contributed by atoms with Crippen molar-refractivity contribution in [3.63, 3.8) is 0 Å². The number of nitrogens with zero attached hydrogens (tertiary/aromatic N) is 1. The van der Waals surface area contributed by atoms with Crippen molar-refractivity contribution in [2.45, 2.75) is 13.2 Å². The normalized spacial score (nSPS) is 10.4. The van der Waals surface area contributed by atoms with Gasteiger partial charge in [0.05, 0.1) is 11.5 Å². The number of halogens is 1. The predicted molar refractivity (Wildman–Crippen MR) is 82.6 cm³/mol. The number of nitro benzene ring substituents is 1. The lowest BCUT2D eigenvalue weighted by molar-refractivity contribution is -0.385. The van der Waals surface area contributed by atoms with Gasteiger partial charge in [0.1, 0.15) is 0 Å². The molecule has 5 nitrogen and oxygen atoms in total. The summed E-state index contributed by atoms with van der Waals surface area (Å²) in [5, 5.41) is 14.6. The van der Waals surface area contributed by atoms with E-state index in [0.29, 0.717) is 23.7 Å². The van der Waals surface area contributed by atoms with Crippen LogP contribution >= 0.6 is 11.6 Å². The van der Waals surface area contributed by atoms with E-state index in [9.17, 15) is 10.1 Å². The monoisotopic (exact) mass is 306 g/mol. The van der Waals surface area contributed by atoms with Gasteiger partial charge in [-0.25, -0.2) is 0 Å². The standard InChI is InChI=1S/C15H15ClN2O3/c1-21-10-11-3-2-4-14(7-11)17-9-12-5-6-13(16)8-15(12)18(19)20/h2-8,17H,9-10H2,1H3. The van der Waals surface area contributed by atoms with Crippen LogP contribution in [0.3, 0.4) is 0 Å². The van der Waals surface area contributed by atoms with E-state index in [1.54, 1.807) is 19.2 Å². The van der Waals surface area contributed by atoms with Crippen molar-refractivity contribution in [2.75, 3.05) is 12.4 Å². The minimum atomic E-state index is -0.426. The largest absolute Gasteiger partial charge is 0.381 e. The SMILES string of the molecule is COCc1cccc(NCc2ccc(Cl)cc2[N+](=O)[O-])c1. The highest BCUT2D eigenvalue weighted by molar-refractivity contribution is 6.30. The number of methoxy groups -OCH3 is 1. The number of ether oxygens (including phenoxy) is 1. The molecule has 0 aliphatic carbocycles. The molecule has 0 aliphatic rings. The van der Waals surface area contributed by atoms with Gasteiger partial charge in [-0.05, 0) is 29.8 Å². The van der Waals surface area contributed by atoms with Crippen molar-refractivity contribution >= 4 is 23.0 Å². The van der Waals surface area contributed by atoms with Crippen molar-refractivity contribution < 1.29 is 9.66 Å². The Morgan fingerprint density at radius 3 is 2.81 bits per heavy atom. The maximum atomic E-state index is 11.0. The van der Waals surface area contributed by atoms with Gasteiger partial charge in [0.25, 0.3) is 5.69 Å². The Morgan fingerprint density at radius 2 is 2.10 bits per heavy atom. The maximum Gasteiger partial charge on any atom is 0.275 e. The molecule has 0 fully saturated rings. The lowest BCUT2D eigenvalue weighted by atomic mass is 10.1. The van der Waals surface area contributed by atoms with Crippen LogP contribution in [0.5, 0.6) is 0 Å². The quantitative estimate of drug-likeness (QED) is 0.647. The summed E-state index contributed by atoms with van der Waals surface area (Å²) in [6.45, 7) is 0.876. The van der Waals surface area contributed by atoms with Crippen molar-refractivity contribution in [1.29, 1.82) is 0 Å². The summed E-state index contributed by atoms with van der Waals surface area (Å²) >= 11 is 5.79. The molecule has 1 N–H and O–H groups in total. The molecule has 0 radical (unpaired) electrons. The zero-order valence-corrected chi connectivity index (χ0v) is 12.3. The van der Waals surface area contributed by atoms with E-state index >= 15 is 0 Å². The summed E-state index contributed by atoms with van der Waals surface area (Å²) in [7, 11) is 1.64. The lowest BCUT2D eigenvalue weighted by Gasteiger charge is -2.09. The van der Waals surface area contributed by atoms with E-state index in [1.165, 1.54) is 6.07 Å². The first-order valence-electron chi connectivity index (χ1n) is 6.34. The molecule has 0 saturated heterocycles. The molecule has 6 heteroatoms. The molecular weight excluding hydrogens is 292 g/mol. The lowest BCUT2D eigenvalue weighted by Crippen LogP contribution is -2.03. The second-order valence-electron chi connectivity index (χ2n) is 4.52. The fourth-order valence-electron chi connectivity index (χ4n) is 1.99. The minimum absolute atomic E-state index is 0.0167. The van der Waals surface area contributed by atoms with Gasteiger partial charge in [-0.15, -0.1) is 0 Å². The summed E-state index contributed by atoms with van der Waals surface area (Å²) in [5.41, 5.74) is 2.52. The average Bonchev–Trinajstić information content (AvgIpc) is 2.46. The molecule has 2 rings (SSSR count). The van der Waals surface area contributed by atoms with Gasteiger partial charge in [-0.3, -0.25) is 10.1 Å². The zero-order valence-electron chi connectivity index (χ0n) is 11.5. The number of anilines is 1. The van der Waals surface area contributed by atoms with Crippen molar-refractivity contribution in [1.82, 2.24) is 0 Å². The first-order valence-corrected chi connectivity index (χ1v) is 6.72.